The van der Waals surface area contributed by atoms with Crippen molar-refractivity contribution in [3.8, 4) is 11.5 Å². The normalized spacial score (nSPS) is 21.9. The van der Waals surface area contributed by atoms with Crippen molar-refractivity contribution in [3.05, 3.63) is 58.7 Å². The van der Waals surface area contributed by atoms with Crippen molar-refractivity contribution in [2.24, 2.45) is 11.7 Å². The number of ether oxygens (including phenoxy) is 2. The van der Waals surface area contributed by atoms with E-state index in [-0.39, 0.29) is 18.1 Å². The summed E-state index contributed by atoms with van der Waals surface area (Å²) in [6.45, 7) is 3.71. The molecule has 2 aromatic rings. The molecule has 0 bridgehead atoms. The van der Waals surface area contributed by atoms with Gasteiger partial charge in [-0.15, -0.1) is 0 Å². The number of hydrogen-bond donors (Lipinski definition) is 2. The fourth-order valence-corrected chi connectivity index (χ4v) is 4.67. The molecule has 4 rings (SSSR count). The molecule has 6 nitrogen and oxygen atoms in total. The van der Waals surface area contributed by atoms with Gasteiger partial charge in [0.1, 0.15) is 11.5 Å². The first-order valence-electron chi connectivity index (χ1n) is 10.6. The Balaban J connectivity index is 1.42. The maximum absolute atomic E-state index is 12.8. The smallest absolute Gasteiger partial charge is 0.253 e. The van der Waals surface area contributed by atoms with Gasteiger partial charge in [0.25, 0.3) is 5.91 Å². The van der Waals surface area contributed by atoms with E-state index < -0.39 is 0 Å². The molecule has 2 heterocycles. The Morgan fingerprint density at radius 1 is 1.20 bits per heavy atom. The minimum Gasteiger partial charge on any atom is -0.507 e. The highest BCUT2D eigenvalue weighted by Gasteiger charge is 2.36. The largest absolute Gasteiger partial charge is 0.507 e. The molecule has 1 saturated heterocycles. The van der Waals surface area contributed by atoms with E-state index in [9.17, 15) is 9.90 Å². The lowest BCUT2D eigenvalue weighted by Crippen LogP contribution is -2.44. The fraction of sp³-hybridized carbons (Fsp3) is 0.458. The minimum atomic E-state index is -0.191. The van der Waals surface area contributed by atoms with Crippen LogP contribution < -0.4 is 10.5 Å². The van der Waals surface area contributed by atoms with Crippen LogP contribution in [-0.4, -0.2) is 48.8 Å². The van der Waals surface area contributed by atoms with Crippen LogP contribution in [0.1, 0.15) is 46.0 Å². The molecule has 6 heteroatoms. The number of nitrogens with zero attached hydrogens (tertiary/aromatic N) is 1. The summed E-state index contributed by atoms with van der Waals surface area (Å²) in [5, 5.41) is 10.6. The molecule has 30 heavy (non-hydrogen) atoms. The number of nitrogens with two attached hydrogens (primary N) is 1. The van der Waals surface area contributed by atoms with Crippen molar-refractivity contribution >= 4 is 5.91 Å². The molecule has 0 aromatic heterocycles. The standard InChI is InChI=1S/C24H30N2O4/c1-15-3-8-19-20(23(15)27)13-21(30-22(19)14-25)16-9-11-26(12-10-16)24(28)17-4-6-18(29-2)7-5-17/h3-8,16,21-22,27H,9-14,25H2,1-2H3/t21-,22-/m0/s1. The van der Waals surface area contributed by atoms with E-state index in [4.69, 9.17) is 15.2 Å². The quantitative estimate of drug-likeness (QED) is 0.809. The van der Waals surface area contributed by atoms with Crippen LogP contribution in [0.15, 0.2) is 36.4 Å². The van der Waals surface area contributed by atoms with Gasteiger partial charge in [-0.05, 0) is 61.1 Å². The highest BCUT2D eigenvalue weighted by atomic mass is 16.5. The predicted octanol–water partition coefficient (Wildman–Crippen LogP) is 3.20. The van der Waals surface area contributed by atoms with Crippen LogP contribution >= 0.6 is 0 Å². The Labute approximate surface area is 177 Å². The number of fused-ring (bicyclic) bond motifs is 1. The number of piperidine rings is 1. The third-order valence-corrected chi connectivity index (χ3v) is 6.52. The van der Waals surface area contributed by atoms with Crippen LogP contribution in [-0.2, 0) is 11.2 Å². The molecule has 2 aromatic carbocycles. The molecule has 2 atom stereocenters. The number of rotatable bonds is 4. The number of likely N-dealkylation sites (tertiary alicyclic amines) is 1. The van der Waals surface area contributed by atoms with Crippen molar-refractivity contribution in [3.63, 3.8) is 0 Å². The van der Waals surface area contributed by atoms with E-state index in [0.29, 0.717) is 43.3 Å². The van der Waals surface area contributed by atoms with Crippen molar-refractivity contribution in [2.75, 3.05) is 26.7 Å². The van der Waals surface area contributed by atoms with E-state index in [0.717, 1.165) is 35.3 Å². The summed E-state index contributed by atoms with van der Waals surface area (Å²) in [6.07, 6.45) is 2.27. The molecular formula is C24H30N2O4. The summed E-state index contributed by atoms with van der Waals surface area (Å²) in [7, 11) is 1.61. The molecule has 2 aliphatic rings. The monoisotopic (exact) mass is 410 g/mol. The molecule has 1 amide bonds. The minimum absolute atomic E-state index is 0.0111. The summed E-state index contributed by atoms with van der Waals surface area (Å²) in [5.74, 6) is 1.51. The van der Waals surface area contributed by atoms with Gasteiger partial charge < -0.3 is 25.2 Å². The molecule has 0 aliphatic carbocycles. The van der Waals surface area contributed by atoms with E-state index in [1.807, 2.05) is 48.2 Å². The van der Waals surface area contributed by atoms with Crippen LogP contribution in [0.25, 0.3) is 0 Å². The molecule has 0 saturated carbocycles. The molecule has 0 unspecified atom stereocenters. The molecule has 2 aliphatic heterocycles. The third-order valence-electron chi connectivity index (χ3n) is 6.52. The van der Waals surface area contributed by atoms with Crippen molar-refractivity contribution in [1.29, 1.82) is 0 Å². The second-order valence-electron chi connectivity index (χ2n) is 8.26. The zero-order valence-corrected chi connectivity index (χ0v) is 17.6. The molecule has 0 radical (unpaired) electrons. The number of aromatic hydroxyl groups is 1. The number of hydrogen-bond acceptors (Lipinski definition) is 5. The summed E-state index contributed by atoms with van der Waals surface area (Å²) in [4.78, 5) is 14.7. The Bertz CT molecular complexity index is 904. The number of phenols is 1. The number of methoxy groups -OCH3 is 1. The van der Waals surface area contributed by atoms with E-state index in [2.05, 4.69) is 0 Å². The summed E-state index contributed by atoms with van der Waals surface area (Å²) in [6, 6.07) is 11.2. The lowest BCUT2D eigenvalue weighted by molar-refractivity contribution is -0.0632. The average Bonchev–Trinajstić information content (AvgIpc) is 2.80. The van der Waals surface area contributed by atoms with Crippen LogP contribution in [0.3, 0.4) is 0 Å². The molecular weight excluding hydrogens is 380 g/mol. The van der Waals surface area contributed by atoms with Gasteiger partial charge in [0.05, 0.1) is 19.3 Å². The van der Waals surface area contributed by atoms with E-state index in [1.165, 1.54) is 0 Å². The third kappa shape index (κ3) is 3.89. The van der Waals surface area contributed by atoms with Gasteiger partial charge in [-0.1, -0.05) is 12.1 Å². The van der Waals surface area contributed by atoms with Gasteiger partial charge in [0.2, 0.25) is 0 Å². The average molecular weight is 411 g/mol. The number of phenolic OH excluding ortho intramolecular Hbond substituents is 1. The number of carbonyl (C=O) groups excluding carboxylic acids is 1. The summed E-state index contributed by atoms with van der Waals surface area (Å²) in [5.41, 5.74) is 9.51. The van der Waals surface area contributed by atoms with Gasteiger partial charge in [-0.25, -0.2) is 0 Å². The fourth-order valence-electron chi connectivity index (χ4n) is 4.67. The van der Waals surface area contributed by atoms with Gasteiger partial charge in [0, 0.05) is 37.2 Å². The Kier molecular flexibility index (Phi) is 5.97. The zero-order chi connectivity index (χ0) is 21.3. The second kappa shape index (κ2) is 8.66. The Morgan fingerprint density at radius 2 is 1.90 bits per heavy atom. The lowest BCUT2D eigenvalue weighted by Gasteiger charge is -2.40. The number of amides is 1. The first-order chi connectivity index (χ1) is 14.5. The molecule has 1 fully saturated rings. The van der Waals surface area contributed by atoms with Gasteiger partial charge in [-0.3, -0.25) is 4.79 Å². The van der Waals surface area contributed by atoms with Crippen molar-refractivity contribution in [2.45, 2.75) is 38.4 Å². The molecule has 3 N–H and O–H groups in total. The maximum Gasteiger partial charge on any atom is 0.253 e. The van der Waals surface area contributed by atoms with Crippen LogP contribution in [0.2, 0.25) is 0 Å². The number of aryl methyl sites for hydroxylation is 1. The number of carbonyl (C=O) groups is 1. The predicted molar refractivity (Wildman–Crippen MR) is 115 cm³/mol. The second-order valence-corrected chi connectivity index (χ2v) is 8.26. The maximum atomic E-state index is 12.8. The van der Waals surface area contributed by atoms with Gasteiger partial charge in [-0.2, -0.15) is 0 Å². The van der Waals surface area contributed by atoms with Crippen molar-refractivity contribution < 1.29 is 19.4 Å². The first kappa shape index (κ1) is 20.7. The van der Waals surface area contributed by atoms with E-state index >= 15 is 0 Å². The number of benzene rings is 2. The Hall–Kier alpha value is -2.57. The lowest BCUT2D eigenvalue weighted by atomic mass is 9.83. The molecule has 160 valence electrons. The highest BCUT2D eigenvalue weighted by Crippen LogP contribution is 2.40. The van der Waals surface area contributed by atoms with Crippen LogP contribution in [0.4, 0.5) is 0 Å². The topological polar surface area (TPSA) is 85.0 Å². The zero-order valence-electron chi connectivity index (χ0n) is 17.6. The Morgan fingerprint density at radius 3 is 2.53 bits per heavy atom. The van der Waals surface area contributed by atoms with E-state index in [1.54, 1.807) is 7.11 Å². The first-order valence-corrected chi connectivity index (χ1v) is 10.6. The summed E-state index contributed by atoms with van der Waals surface area (Å²) >= 11 is 0. The van der Waals surface area contributed by atoms with Crippen LogP contribution in [0, 0.1) is 12.8 Å². The van der Waals surface area contributed by atoms with Crippen LogP contribution in [0.5, 0.6) is 11.5 Å². The van der Waals surface area contributed by atoms with Gasteiger partial charge in [0.15, 0.2) is 0 Å². The summed E-state index contributed by atoms with van der Waals surface area (Å²) < 4.78 is 11.5. The van der Waals surface area contributed by atoms with Crippen molar-refractivity contribution in [1.82, 2.24) is 4.90 Å². The van der Waals surface area contributed by atoms with Gasteiger partial charge >= 0.3 is 0 Å². The highest BCUT2D eigenvalue weighted by molar-refractivity contribution is 5.94. The SMILES string of the molecule is COc1ccc(C(=O)N2CCC([C@@H]3Cc4c(ccc(C)c4O)[C@H](CN)O3)CC2)cc1. The molecule has 0 spiro atoms.